The van der Waals surface area contributed by atoms with E-state index in [0.717, 1.165) is 31.9 Å². The number of likely N-dealkylation sites (tertiary alicyclic amines) is 1. The minimum Gasteiger partial charge on any atom is -0.298 e. The van der Waals surface area contributed by atoms with Crippen molar-refractivity contribution in [1.29, 1.82) is 0 Å². The Balaban J connectivity index is 1.53. The van der Waals surface area contributed by atoms with Crippen LogP contribution in [0.5, 0.6) is 0 Å². The molecule has 0 N–H and O–H groups in total. The first-order valence-corrected chi connectivity index (χ1v) is 7.02. The molecule has 1 saturated heterocycles. The third-order valence-corrected chi connectivity index (χ3v) is 3.71. The Kier molecular flexibility index (Phi) is 3.65. The highest BCUT2D eigenvalue weighted by molar-refractivity contribution is 5.14. The van der Waals surface area contributed by atoms with Gasteiger partial charge in [0, 0.05) is 31.6 Å². The molecule has 0 aliphatic carbocycles. The molecule has 0 bridgehead atoms. The summed E-state index contributed by atoms with van der Waals surface area (Å²) in [7, 11) is 0. The van der Waals surface area contributed by atoms with Gasteiger partial charge in [0.1, 0.15) is 0 Å². The van der Waals surface area contributed by atoms with Crippen LogP contribution in [0.3, 0.4) is 0 Å². The first kappa shape index (κ1) is 13.1. The van der Waals surface area contributed by atoms with E-state index in [1.807, 2.05) is 13.0 Å². The molecule has 104 valence electrons. The van der Waals surface area contributed by atoms with Gasteiger partial charge >= 0.3 is 0 Å². The van der Waals surface area contributed by atoms with Crippen LogP contribution < -0.4 is 5.56 Å². The molecular weight excluding hydrogens is 250 g/mol. The van der Waals surface area contributed by atoms with E-state index >= 15 is 0 Å². The van der Waals surface area contributed by atoms with Crippen molar-refractivity contribution in [1.82, 2.24) is 14.7 Å². The second-order valence-electron chi connectivity index (χ2n) is 5.54. The van der Waals surface area contributed by atoms with E-state index in [9.17, 15) is 4.79 Å². The normalized spacial score (nSPS) is 16.1. The van der Waals surface area contributed by atoms with E-state index < -0.39 is 0 Å². The molecule has 4 heteroatoms. The third kappa shape index (κ3) is 2.96. The molecule has 0 radical (unpaired) electrons. The maximum absolute atomic E-state index is 11.7. The molecule has 20 heavy (non-hydrogen) atoms. The van der Waals surface area contributed by atoms with Crippen molar-refractivity contribution in [2.45, 2.75) is 20.0 Å². The van der Waals surface area contributed by atoms with Crippen LogP contribution in [-0.2, 0) is 13.1 Å². The molecular formula is C16H19N3O. The molecule has 1 aliphatic rings. The van der Waals surface area contributed by atoms with Gasteiger partial charge in [0.2, 0.25) is 0 Å². The molecule has 0 spiro atoms. The summed E-state index contributed by atoms with van der Waals surface area (Å²) in [5.74, 6) is 0.533. The SMILES string of the molecule is Cc1ccc(=O)n(CC2CN(Cc3ccccc3)C2)n1. The molecule has 1 aliphatic heterocycles. The molecule has 0 saturated carbocycles. The van der Waals surface area contributed by atoms with Crippen molar-refractivity contribution in [3.8, 4) is 0 Å². The van der Waals surface area contributed by atoms with Crippen molar-refractivity contribution >= 4 is 0 Å². The van der Waals surface area contributed by atoms with Crippen molar-refractivity contribution in [3.05, 3.63) is 64.1 Å². The summed E-state index contributed by atoms with van der Waals surface area (Å²) in [6.45, 7) is 5.71. The van der Waals surface area contributed by atoms with E-state index in [0.29, 0.717) is 5.92 Å². The van der Waals surface area contributed by atoms with Crippen molar-refractivity contribution < 1.29 is 0 Å². The number of hydrogen-bond donors (Lipinski definition) is 0. The lowest BCUT2D eigenvalue weighted by molar-refractivity contribution is 0.0765. The number of nitrogens with zero attached hydrogens (tertiary/aromatic N) is 3. The van der Waals surface area contributed by atoms with Gasteiger partial charge in [0.25, 0.3) is 5.56 Å². The summed E-state index contributed by atoms with van der Waals surface area (Å²) in [4.78, 5) is 14.1. The van der Waals surface area contributed by atoms with Crippen molar-refractivity contribution in [2.75, 3.05) is 13.1 Å². The third-order valence-electron chi connectivity index (χ3n) is 3.71. The van der Waals surface area contributed by atoms with Gasteiger partial charge < -0.3 is 0 Å². The van der Waals surface area contributed by atoms with Gasteiger partial charge in [-0.15, -0.1) is 0 Å². The van der Waals surface area contributed by atoms with Gasteiger partial charge in [-0.2, -0.15) is 5.10 Å². The van der Waals surface area contributed by atoms with Crippen LogP contribution in [0.2, 0.25) is 0 Å². The minimum absolute atomic E-state index is 0.00268. The van der Waals surface area contributed by atoms with Crippen LogP contribution in [0.15, 0.2) is 47.3 Å². The first-order valence-electron chi connectivity index (χ1n) is 7.02. The second kappa shape index (κ2) is 5.59. The number of rotatable bonds is 4. The standard InChI is InChI=1S/C16H19N3O/c1-13-7-8-16(20)19(17-13)12-15-10-18(11-15)9-14-5-3-2-4-6-14/h2-8,15H,9-12H2,1H3. The molecule has 0 atom stereocenters. The van der Waals surface area contributed by atoms with Crippen LogP contribution in [0.4, 0.5) is 0 Å². The fraction of sp³-hybridized carbons (Fsp3) is 0.375. The molecule has 3 rings (SSSR count). The molecule has 2 aromatic rings. The highest BCUT2D eigenvalue weighted by Gasteiger charge is 2.27. The number of aryl methyl sites for hydroxylation is 1. The van der Waals surface area contributed by atoms with Crippen LogP contribution in [0, 0.1) is 12.8 Å². The van der Waals surface area contributed by atoms with Gasteiger partial charge in [0.05, 0.1) is 12.2 Å². The van der Waals surface area contributed by atoms with Crippen LogP contribution >= 0.6 is 0 Å². The monoisotopic (exact) mass is 269 g/mol. The maximum Gasteiger partial charge on any atom is 0.266 e. The zero-order valence-electron chi connectivity index (χ0n) is 11.7. The smallest absolute Gasteiger partial charge is 0.266 e. The molecule has 1 aromatic carbocycles. The lowest BCUT2D eigenvalue weighted by atomic mass is 9.99. The first-order chi connectivity index (χ1) is 9.70. The van der Waals surface area contributed by atoms with E-state index in [1.165, 1.54) is 5.56 Å². The molecule has 4 nitrogen and oxygen atoms in total. The summed E-state index contributed by atoms with van der Waals surface area (Å²) in [5.41, 5.74) is 2.24. The van der Waals surface area contributed by atoms with Crippen molar-refractivity contribution in [2.24, 2.45) is 5.92 Å². The second-order valence-corrected chi connectivity index (χ2v) is 5.54. The van der Waals surface area contributed by atoms with Gasteiger partial charge in [-0.3, -0.25) is 9.69 Å². The van der Waals surface area contributed by atoms with E-state index in [2.05, 4.69) is 34.3 Å². The van der Waals surface area contributed by atoms with Gasteiger partial charge in [-0.1, -0.05) is 30.3 Å². The number of benzene rings is 1. The number of aromatic nitrogens is 2. The predicted octanol–water partition coefficient (Wildman–Crippen LogP) is 1.68. The zero-order chi connectivity index (χ0) is 13.9. The molecule has 0 amide bonds. The van der Waals surface area contributed by atoms with Gasteiger partial charge in [-0.05, 0) is 18.6 Å². The van der Waals surface area contributed by atoms with Crippen LogP contribution in [0.1, 0.15) is 11.3 Å². The average Bonchev–Trinajstić information content (AvgIpc) is 2.41. The molecule has 1 fully saturated rings. The highest BCUT2D eigenvalue weighted by Crippen LogP contribution is 2.19. The quantitative estimate of drug-likeness (QED) is 0.847. The Bertz CT molecular complexity index is 630. The Hall–Kier alpha value is -1.94. The summed E-state index contributed by atoms with van der Waals surface area (Å²) in [5, 5.41) is 4.29. The Morgan fingerprint density at radius 2 is 1.90 bits per heavy atom. The Morgan fingerprint density at radius 3 is 2.65 bits per heavy atom. The molecule has 0 unspecified atom stereocenters. The van der Waals surface area contributed by atoms with Crippen molar-refractivity contribution in [3.63, 3.8) is 0 Å². The maximum atomic E-state index is 11.7. The Morgan fingerprint density at radius 1 is 1.15 bits per heavy atom. The topological polar surface area (TPSA) is 38.1 Å². The lowest BCUT2D eigenvalue weighted by Crippen LogP contribution is -2.48. The fourth-order valence-corrected chi connectivity index (χ4v) is 2.69. The summed E-state index contributed by atoms with van der Waals surface area (Å²) >= 11 is 0. The molecule has 1 aromatic heterocycles. The van der Waals surface area contributed by atoms with Crippen LogP contribution in [-0.4, -0.2) is 27.8 Å². The van der Waals surface area contributed by atoms with E-state index in [-0.39, 0.29) is 5.56 Å². The van der Waals surface area contributed by atoms with Gasteiger partial charge in [-0.25, -0.2) is 4.68 Å². The van der Waals surface area contributed by atoms with E-state index in [1.54, 1.807) is 16.8 Å². The minimum atomic E-state index is -0.00268. The Labute approximate surface area is 118 Å². The summed E-state index contributed by atoms with van der Waals surface area (Å²) < 4.78 is 1.60. The summed E-state index contributed by atoms with van der Waals surface area (Å²) in [6.07, 6.45) is 0. The van der Waals surface area contributed by atoms with Gasteiger partial charge in [0.15, 0.2) is 0 Å². The fourth-order valence-electron chi connectivity index (χ4n) is 2.69. The summed E-state index contributed by atoms with van der Waals surface area (Å²) in [6, 6.07) is 13.9. The zero-order valence-corrected chi connectivity index (χ0v) is 11.7. The predicted molar refractivity (Wildman–Crippen MR) is 78.4 cm³/mol. The average molecular weight is 269 g/mol. The molecule has 2 heterocycles. The van der Waals surface area contributed by atoms with E-state index in [4.69, 9.17) is 0 Å². The number of hydrogen-bond acceptors (Lipinski definition) is 3. The largest absolute Gasteiger partial charge is 0.298 e. The van der Waals surface area contributed by atoms with Crippen LogP contribution in [0.25, 0.3) is 0 Å². The highest BCUT2D eigenvalue weighted by atomic mass is 16.1. The lowest BCUT2D eigenvalue weighted by Gasteiger charge is -2.39.